The van der Waals surface area contributed by atoms with Gasteiger partial charge in [-0.05, 0) is 17.9 Å². The molecule has 0 saturated carbocycles. The molecule has 2 rings (SSSR count). The summed E-state index contributed by atoms with van der Waals surface area (Å²) >= 11 is 0. The number of guanidine groups is 1. The van der Waals surface area contributed by atoms with Crippen LogP contribution >= 0.6 is 0 Å². The van der Waals surface area contributed by atoms with Gasteiger partial charge in [-0.3, -0.25) is 4.99 Å². The third-order valence-electron chi connectivity index (χ3n) is 3.37. The number of benzene rings is 1. The predicted molar refractivity (Wildman–Crippen MR) is 67.5 cm³/mol. The first-order chi connectivity index (χ1) is 7.68. The Hall–Kier alpha value is -1.51. The van der Waals surface area contributed by atoms with E-state index in [4.69, 9.17) is 5.73 Å². The third-order valence-corrected chi connectivity index (χ3v) is 3.37. The van der Waals surface area contributed by atoms with E-state index >= 15 is 0 Å². The van der Waals surface area contributed by atoms with Gasteiger partial charge >= 0.3 is 0 Å². The number of nitrogens with zero attached hydrogens (tertiary/aromatic N) is 2. The van der Waals surface area contributed by atoms with Crippen LogP contribution in [0.5, 0.6) is 0 Å². The molecule has 0 fully saturated rings. The Morgan fingerprint density at radius 1 is 1.44 bits per heavy atom. The van der Waals surface area contributed by atoms with Gasteiger partial charge in [0.1, 0.15) is 0 Å². The van der Waals surface area contributed by atoms with Crippen LogP contribution in [-0.4, -0.2) is 30.5 Å². The van der Waals surface area contributed by atoms with Gasteiger partial charge in [0.25, 0.3) is 0 Å². The Labute approximate surface area is 97.0 Å². The maximum Gasteiger partial charge on any atom is 0.191 e. The molecule has 2 N–H and O–H groups in total. The number of hydrogen-bond acceptors (Lipinski definition) is 3. The number of rotatable bonds is 3. The zero-order valence-corrected chi connectivity index (χ0v) is 9.93. The first-order valence-corrected chi connectivity index (χ1v) is 5.76. The molecular formula is C13H19N3. The summed E-state index contributed by atoms with van der Waals surface area (Å²) in [7, 11) is 2.02. The smallest absolute Gasteiger partial charge is 0.191 e. The highest BCUT2D eigenvalue weighted by Gasteiger charge is 2.24. The van der Waals surface area contributed by atoms with Crippen LogP contribution in [0.15, 0.2) is 35.3 Å². The van der Waals surface area contributed by atoms with Crippen LogP contribution in [0.2, 0.25) is 0 Å². The molecule has 2 unspecified atom stereocenters. The molecule has 1 aromatic rings. The summed E-state index contributed by atoms with van der Waals surface area (Å²) in [6.07, 6.45) is 1.10. The van der Waals surface area contributed by atoms with Crippen LogP contribution in [0.3, 0.4) is 0 Å². The molecule has 0 spiro atoms. The summed E-state index contributed by atoms with van der Waals surface area (Å²) < 4.78 is 0. The Kier molecular flexibility index (Phi) is 3.13. The molecule has 0 aromatic heterocycles. The van der Waals surface area contributed by atoms with E-state index in [-0.39, 0.29) is 0 Å². The molecule has 1 aliphatic rings. The maximum atomic E-state index is 5.76. The van der Waals surface area contributed by atoms with Crippen LogP contribution in [0.4, 0.5) is 0 Å². The second kappa shape index (κ2) is 4.56. The van der Waals surface area contributed by atoms with Crippen LogP contribution in [0.1, 0.15) is 24.8 Å². The lowest BCUT2D eigenvalue weighted by molar-refractivity contribution is 0.360. The van der Waals surface area contributed by atoms with Crippen LogP contribution in [0, 0.1) is 0 Å². The Bertz CT molecular complexity index is 372. The molecule has 0 aliphatic carbocycles. The van der Waals surface area contributed by atoms with Crippen molar-refractivity contribution in [3.8, 4) is 0 Å². The van der Waals surface area contributed by atoms with E-state index in [1.807, 2.05) is 7.05 Å². The maximum absolute atomic E-state index is 5.76. The monoisotopic (exact) mass is 217 g/mol. The molecule has 2 atom stereocenters. The van der Waals surface area contributed by atoms with E-state index in [1.54, 1.807) is 0 Å². The van der Waals surface area contributed by atoms with Gasteiger partial charge in [0.05, 0.1) is 12.6 Å². The minimum absolute atomic E-state index is 0.454. The van der Waals surface area contributed by atoms with Gasteiger partial charge in [-0.25, -0.2) is 0 Å². The van der Waals surface area contributed by atoms with E-state index in [2.05, 4.69) is 47.1 Å². The number of likely N-dealkylation sites (N-methyl/N-ethyl adjacent to an activating group) is 1. The highest BCUT2D eigenvalue weighted by atomic mass is 15.3. The molecule has 16 heavy (non-hydrogen) atoms. The summed E-state index contributed by atoms with van der Waals surface area (Å²) in [6, 6.07) is 11.1. The van der Waals surface area contributed by atoms with Gasteiger partial charge in [0.15, 0.2) is 5.96 Å². The standard InChI is InChI=1S/C13H19N3/c1-10(11-6-4-3-5-7-11)8-12-9-15-13(14)16(12)2/h3-7,10,12H,8-9H2,1-2H3,(H2,14,15). The van der Waals surface area contributed by atoms with Gasteiger partial charge in [-0.15, -0.1) is 0 Å². The fraction of sp³-hybridized carbons (Fsp3) is 0.462. The van der Waals surface area contributed by atoms with Crippen molar-refractivity contribution in [3.05, 3.63) is 35.9 Å². The first-order valence-electron chi connectivity index (χ1n) is 5.76. The normalized spacial score (nSPS) is 22.0. The van der Waals surface area contributed by atoms with Crippen LogP contribution in [0.25, 0.3) is 0 Å². The average molecular weight is 217 g/mol. The quantitative estimate of drug-likeness (QED) is 0.839. The summed E-state index contributed by atoms with van der Waals surface area (Å²) in [5, 5.41) is 0. The van der Waals surface area contributed by atoms with Crippen LogP contribution < -0.4 is 5.73 Å². The Morgan fingerprint density at radius 2 is 2.12 bits per heavy atom. The molecule has 1 aliphatic heterocycles. The lowest BCUT2D eigenvalue weighted by atomic mass is 9.94. The van der Waals surface area contributed by atoms with Gasteiger partial charge in [0.2, 0.25) is 0 Å². The topological polar surface area (TPSA) is 41.6 Å². The lowest BCUT2D eigenvalue weighted by Crippen LogP contribution is -2.37. The predicted octanol–water partition coefficient (Wildman–Crippen LogP) is 1.81. The SMILES string of the molecule is CC(CC1CN=C(N)N1C)c1ccccc1. The van der Waals surface area contributed by atoms with Crippen molar-refractivity contribution in [1.82, 2.24) is 4.90 Å². The molecule has 3 heteroatoms. The van der Waals surface area contributed by atoms with Crippen molar-refractivity contribution in [3.63, 3.8) is 0 Å². The number of hydrogen-bond donors (Lipinski definition) is 1. The minimum atomic E-state index is 0.454. The lowest BCUT2D eigenvalue weighted by Gasteiger charge is -2.24. The average Bonchev–Trinajstić information content (AvgIpc) is 2.62. The number of nitrogens with two attached hydrogens (primary N) is 1. The molecule has 0 saturated heterocycles. The first kappa shape index (κ1) is 11.0. The summed E-state index contributed by atoms with van der Waals surface area (Å²) in [6.45, 7) is 3.09. The molecule has 0 radical (unpaired) electrons. The molecule has 86 valence electrons. The third kappa shape index (κ3) is 2.18. The van der Waals surface area contributed by atoms with Crippen molar-refractivity contribution in [2.45, 2.75) is 25.3 Å². The molecule has 1 aromatic carbocycles. The molecule has 1 heterocycles. The van der Waals surface area contributed by atoms with E-state index in [0.717, 1.165) is 13.0 Å². The van der Waals surface area contributed by atoms with Crippen molar-refractivity contribution >= 4 is 5.96 Å². The fourth-order valence-corrected chi connectivity index (χ4v) is 2.18. The zero-order valence-electron chi connectivity index (χ0n) is 9.93. The second-order valence-corrected chi connectivity index (χ2v) is 4.51. The largest absolute Gasteiger partial charge is 0.370 e. The van der Waals surface area contributed by atoms with Crippen molar-refractivity contribution in [2.75, 3.05) is 13.6 Å². The Morgan fingerprint density at radius 3 is 2.69 bits per heavy atom. The fourth-order valence-electron chi connectivity index (χ4n) is 2.18. The van der Waals surface area contributed by atoms with Gasteiger partial charge in [-0.1, -0.05) is 37.3 Å². The van der Waals surface area contributed by atoms with E-state index in [9.17, 15) is 0 Å². The van der Waals surface area contributed by atoms with E-state index in [0.29, 0.717) is 17.9 Å². The van der Waals surface area contributed by atoms with Crippen molar-refractivity contribution in [1.29, 1.82) is 0 Å². The molecule has 0 bridgehead atoms. The summed E-state index contributed by atoms with van der Waals surface area (Å²) in [5.41, 5.74) is 7.15. The second-order valence-electron chi connectivity index (χ2n) is 4.51. The van der Waals surface area contributed by atoms with E-state index in [1.165, 1.54) is 5.56 Å². The van der Waals surface area contributed by atoms with E-state index < -0.39 is 0 Å². The highest BCUT2D eigenvalue weighted by Crippen LogP contribution is 2.23. The highest BCUT2D eigenvalue weighted by molar-refractivity contribution is 5.79. The summed E-state index contributed by atoms with van der Waals surface area (Å²) in [4.78, 5) is 6.35. The van der Waals surface area contributed by atoms with Gasteiger partial charge in [0, 0.05) is 7.05 Å². The van der Waals surface area contributed by atoms with Crippen LogP contribution in [-0.2, 0) is 0 Å². The van der Waals surface area contributed by atoms with Crippen molar-refractivity contribution in [2.24, 2.45) is 10.7 Å². The minimum Gasteiger partial charge on any atom is -0.370 e. The van der Waals surface area contributed by atoms with Gasteiger partial charge < -0.3 is 10.6 Å². The number of aliphatic imine (C=N–C) groups is 1. The van der Waals surface area contributed by atoms with Crippen molar-refractivity contribution < 1.29 is 0 Å². The molecule has 3 nitrogen and oxygen atoms in total. The summed E-state index contributed by atoms with van der Waals surface area (Å²) in [5.74, 6) is 1.22. The Balaban J connectivity index is 1.96. The molecular weight excluding hydrogens is 198 g/mol. The van der Waals surface area contributed by atoms with Gasteiger partial charge in [-0.2, -0.15) is 0 Å². The molecule has 0 amide bonds. The zero-order chi connectivity index (χ0) is 11.5.